The summed E-state index contributed by atoms with van der Waals surface area (Å²) >= 11 is 1.57. The van der Waals surface area contributed by atoms with Gasteiger partial charge in [0.05, 0.1) is 12.0 Å². The highest BCUT2D eigenvalue weighted by Gasteiger charge is 2.60. The minimum atomic E-state index is -1.06. The van der Waals surface area contributed by atoms with Gasteiger partial charge in [-0.15, -0.1) is 16.9 Å². The number of thioether (sulfide) groups is 1. The van der Waals surface area contributed by atoms with Crippen molar-refractivity contribution in [2.45, 2.75) is 38.1 Å². The maximum Gasteiger partial charge on any atom is 0.353 e. The highest BCUT2D eigenvalue weighted by atomic mass is 32.2. The van der Waals surface area contributed by atoms with Crippen LogP contribution in [-0.4, -0.2) is 72.3 Å². The molecule has 2 N–H and O–H groups in total. The molecule has 28 heavy (non-hydrogen) atoms. The highest BCUT2D eigenvalue weighted by molar-refractivity contribution is 8.03. The van der Waals surface area contributed by atoms with E-state index in [1.165, 1.54) is 15.9 Å². The minimum Gasteiger partial charge on any atom is -0.477 e. The van der Waals surface area contributed by atoms with Crippen molar-refractivity contribution in [1.29, 1.82) is 0 Å². The fraction of sp³-hybridized carbons (Fsp3) is 0.647. The first-order valence-corrected chi connectivity index (χ1v) is 10.2. The Kier molecular flexibility index (Phi) is 4.96. The number of carboxylic acid groups (broad SMARTS) is 1. The van der Waals surface area contributed by atoms with Crippen LogP contribution in [-0.2, 0) is 20.9 Å². The number of nitrogens with zero attached hydrogens (tertiary/aromatic N) is 5. The number of carbonyl (C=O) groups is 3. The first-order chi connectivity index (χ1) is 13.4. The zero-order valence-electron chi connectivity index (χ0n) is 15.6. The quantitative estimate of drug-likeness (QED) is 0.561. The second-order valence-corrected chi connectivity index (χ2v) is 9.00. The van der Waals surface area contributed by atoms with E-state index in [0.29, 0.717) is 5.25 Å². The average molecular weight is 406 g/mol. The van der Waals surface area contributed by atoms with Gasteiger partial charge in [-0.3, -0.25) is 9.59 Å². The summed E-state index contributed by atoms with van der Waals surface area (Å²) < 4.78 is 1.35. The third-order valence-corrected chi connectivity index (χ3v) is 7.21. The summed E-state index contributed by atoms with van der Waals surface area (Å²) in [6, 6.07) is -0.190. The standard InChI is InChI=1S/C17H22N6O4S/c1-8(3-10(24)6-22-7-19-20-21-22)12-13-9(2)15(28-11-4-18-5-11)14(17(26)27)23(13)16(12)25/h7-9,11-13,18H,3-6H2,1-2H3,(H,26,27)/t8-,9+,12+,13+/m0/s1. The van der Waals surface area contributed by atoms with Crippen LogP contribution >= 0.6 is 11.8 Å². The van der Waals surface area contributed by atoms with Gasteiger partial charge in [-0.05, 0) is 16.3 Å². The molecule has 1 aromatic heterocycles. The van der Waals surface area contributed by atoms with Crippen LogP contribution < -0.4 is 5.32 Å². The number of ketones is 1. The first kappa shape index (κ1) is 19.1. The van der Waals surface area contributed by atoms with Gasteiger partial charge in [0.25, 0.3) is 0 Å². The van der Waals surface area contributed by atoms with Gasteiger partial charge >= 0.3 is 5.97 Å². The van der Waals surface area contributed by atoms with Crippen LogP contribution in [0.2, 0.25) is 0 Å². The van der Waals surface area contributed by atoms with Crippen molar-refractivity contribution in [3.8, 4) is 0 Å². The zero-order valence-corrected chi connectivity index (χ0v) is 16.4. The third-order valence-electron chi connectivity index (χ3n) is 5.72. The maximum absolute atomic E-state index is 12.8. The van der Waals surface area contributed by atoms with Crippen LogP contribution in [0.25, 0.3) is 0 Å². The molecule has 1 amide bonds. The number of rotatable bonds is 8. The molecule has 4 heterocycles. The van der Waals surface area contributed by atoms with Gasteiger partial charge in [-0.1, -0.05) is 13.8 Å². The van der Waals surface area contributed by atoms with E-state index >= 15 is 0 Å². The molecule has 0 unspecified atom stereocenters. The molecule has 4 rings (SSSR count). The highest BCUT2D eigenvalue weighted by Crippen LogP contribution is 2.52. The summed E-state index contributed by atoms with van der Waals surface area (Å²) in [5, 5.41) is 23.9. The summed E-state index contributed by atoms with van der Waals surface area (Å²) in [4.78, 5) is 39.2. The van der Waals surface area contributed by atoms with Crippen LogP contribution in [0.1, 0.15) is 20.3 Å². The van der Waals surface area contributed by atoms with Crippen molar-refractivity contribution in [2.75, 3.05) is 13.1 Å². The molecule has 2 saturated heterocycles. The number of carbonyl (C=O) groups excluding carboxylic acids is 2. The number of β-lactam (4-membered cyclic amide) rings is 1. The lowest BCUT2D eigenvalue weighted by atomic mass is 9.73. The van der Waals surface area contributed by atoms with Gasteiger partial charge in [0, 0.05) is 35.6 Å². The van der Waals surface area contributed by atoms with Crippen molar-refractivity contribution in [3.63, 3.8) is 0 Å². The van der Waals surface area contributed by atoms with Crippen molar-refractivity contribution in [1.82, 2.24) is 30.4 Å². The van der Waals surface area contributed by atoms with E-state index < -0.39 is 5.97 Å². The molecule has 1 aromatic rings. The number of carboxylic acids is 1. The van der Waals surface area contributed by atoms with Crippen LogP contribution in [0.15, 0.2) is 16.9 Å². The fourth-order valence-corrected chi connectivity index (χ4v) is 5.69. The predicted molar refractivity (Wildman–Crippen MR) is 98.8 cm³/mol. The van der Waals surface area contributed by atoms with E-state index in [1.807, 2.05) is 13.8 Å². The van der Waals surface area contributed by atoms with E-state index in [-0.39, 0.29) is 54.1 Å². The molecular weight excluding hydrogens is 384 g/mol. The van der Waals surface area contributed by atoms with Crippen molar-refractivity contribution < 1.29 is 19.5 Å². The van der Waals surface area contributed by atoms with Crippen LogP contribution in [0.3, 0.4) is 0 Å². The Labute approximate surface area is 165 Å². The van der Waals surface area contributed by atoms with Gasteiger partial charge < -0.3 is 15.3 Å². The normalized spacial score (nSPS) is 28.0. The van der Waals surface area contributed by atoms with Crippen molar-refractivity contribution in [2.24, 2.45) is 17.8 Å². The number of aliphatic carboxylic acids is 1. The molecule has 2 fully saturated rings. The third kappa shape index (κ3) is 3.12. The second-order valence-electron chi connectivity index (χ2n) is 7.66. The van der Waals surface area contributed by atoms with Gasteiger partial charge in [0.2, 0.25) is 5.91 Å². The first-order valence-electron chi connectivity index (χ1n) is 9.28. The number of Topliss-reactive ketones (excluding diaryl/α,β-unsaturated/α-hetero) is 1. The van der Waals surface area contributed by atoms with Crippen molar-refractivity contribution >= 4 is 29.4 Å². The van der Waals surface area contributed by atoms with Gasteiger partial charge in [-0.2, -0.15) is 0 Å². The monoisotopic (exact) mass is 406 g/mol. The summed E-state index contributed by atoms with van der Waals surface area (Å²) in [6.45, 7) is 5.62. The SMILES string of the molecule is C[C@@H](CC(=O)Cn1cnnn1)[C@H]1C(=O)N2C(C(=O)O)=C(SC3CNC3)[C@H](C)[C@H]12. The lowest BCUT2D eigenvalue weighted by Crippen LogP contribution is -2.62. The molecule has 0 bridgehead atoms. The number of fused-ring (bicyclic) bond motifs is 1. The second kappa shape index (κ2) is 7.28. The maximum atomic E-state index is 12.8. The number of hydrogen-bond acceptors (Lipinski definition) is 8. The number of nitrogens with one attached hydrogen (secondary N) is 1. The molecule has 11 heteroatoms. The molecule has 0 saturated carbocycles. The van der Waals surface area contributed by atoms with Gasteiger partial charge in [-0.25, -0.2) is 9.48 Å². The largest absolute Gasteiger partial charge is 0.477 e. The molecule has 0 radical (unpaired) electrons. The Balaban J connectivity index is 1.46. The van der Waals surface area contributed by atoms with E-state index in [1.54, 1.807) is 11.8 Å². The Bertz CT molecular complexity index is 837. The van der Waals surface area contributed by atoms with Gasteiger partial charge in [0.15, 0.2) is 5.78 Å². The molecule has 0 aliphatic carbocycles. The van der Waals surface area contributed by atoms with Crippen LogP contribution in [0.4, 0.5) is 0 Å². The van der Waals surface area contributed by atoms with E-state index in [0.717, 1.165) is 18.0 Å². The summed E-state index contributed by atoms with van der Waals surface area (Å²) in [5.41, 5.74) is 0.128. The molecule has 0 spiro atoms. The van der Waals surface area contributed by atoms with Gasteiger partial charge in [0.1, 0.15) is 18.6 Å². The van der Waals surface area contributed by atoms with Crippen LogP contribution in [0.5, 0.6) is 0 Å². The number of hydrogen-bond donors (Lipinski definition) is 2. The van der Waals surface area contributed by atoms with Crippen LogP contribution in [0, 0.1) is 17.8 Å². The lowest BCUT2D eigenvalue weighted by molar-refractivity contribution is -0.160. The summed E-state index contributed by atoms with van der Waals surface area (Å²) in [5.74, 6) is -1.88. The average Bonchev–Trinajstić information content (AvgIpc) is 3.16. The summed E-state index contributed by atoms with van der Waals surface area (Å²) in [7, 11) is 0. The Morgan fingerprint density at radius 1 is 1.43 bits per heavy atom. The zero-order chi connectivity index (χ0) is 20.0. The molecular formula is C17H22N6O4S. The Morgan fingerprint density at radius 2 is 2.18 bits per heavy atom. The molecule has 3 aliphatic heterocycles. The Morgan fingerprint density at radius 3 is 2.75 bits per heavy atom. The Hall–Kier alpha value is -2.27. The van der Waals surface area contributed by atoms with E-state index in [2.05, 4.69) is 20.8 Å². The molecule has 4 atom stereocenters. The van der Waals surface area contributed by atoms with Crippen molar-refractivity contribution in [3.05, 3.63) is 16.9 Å². The number of tetrazole rings is 1. The molecule has 0 aromatic carbocycles. The molecule has 150 valence electrons. The van der Waals surface area contributed by atoms with E-state index in [9.17, 15) is 19.5 Å². The summed E-state index contributed by atoms with van der Waals surface area (Å²) in [6.07, 6.45) is 1.60. The lowest BCUT2D eigenvalue weighted by Gasteiger charge is -2.47. The number of amides is 1. The molecule has 10 nitrogen and oxygen atoms in total. The molecule has 3 aliphatic rings. The van der Waals surface area contributed by atoms with E-state index in [4.69, 9.17) is 0 Å². The predicted octanol–water partition coefficient (Wildman–Crippen LogP) is -0.254. The number of aromatic nitrogens is 4. The smallest absolute Gasteiger partial charge is 0.353 e. The topological polar surface area (TPSA) is 130 Å². The minimum absolute atomic E-state index is 0.0449. The fourth-order valence-electron chi connectivity index (χ4n) is 4.28.